The molecule has 0 N–H and O–H groups in total. The van der Waals surface area contributed by atoms with Gasteiger partial charge in [-0.05, 0) is 0 Å². The fourth-order valence-electron chi connectivity index (χ4n) is 1.85. The fourth-order valence-corrected chi connectivity index (χ4v) is 5.08. The maximum atomic E-state index is 11.2. The zero-order valence-electron chi connectivity index (χ0n) is 11.4. The van der Waals surface area contributed by atoms with Gasteiger partial charge in [0.15, 0.2) is 0 Å². The summed E-state index contributed by atoms with van der Waals surface area (Å²) in [6.45, 7) is 1.40. The molecule has 0 bridgehead atoms. The molecule has 2 aromatic rings. The molecular formula is C15H10Cl4O2Sn. The first kappa shape index (κ1) is 18.2. The summed E-state index contributed by atoms with van der Waals surface area (Å²) in [4.78, 5) is 11.2. The Morgan fingerprint density at radius 3 is 1.73 bits per heavy atom. The predicted molar refractivity (Wildman–Crippen MR) is 92.3 cm³/mol. The Morgan fingerprint density at radius 2 is 1.36 bits per heavy atom. The summed E-state index contributed by atoms with van der Waals surface area (Å²) < 4.78 is 5.29. The van der Waals surface area contributed by atoms with Crippen LogP contribution in [0.1, 0.15) is 22.0 Å². The van der Waals surface area contributed by atoms with Gasteiger partial charge in [0.1, 0.15) is 0 Å². The molecule has 0 fully saturated rings. The molecule has 0 amide bonds. The van der Waals surface area contributed by atoms with Crippen molar-refractivity contribution in [1.29, 1.82) is 0 Å². The molecule has 7 heteroatoms. The van der Waals surface area contributed by atoms with Crippen LogP contribution in [-0.4, -0.2) is 27.5 Å². The Kier molecular flexibility index (Phi) is 6.71. The number of carbonyl (C=O) groups excluding carboxylic acids is 1. The molecule has 0 aliphatic rings. The summed E-state index contributed by atoms with van der Waals surface area (Å²) in [7, 11) is 0. The van der Waals surface area contributed by atoms with E-state index in [4.69, 9.17) is 49.5 Å². The summed E-state index contributed by atoms with van der Waals surface area (Å²) in [5.41, 5.74) is 1.89. The van der Waals surface area contributed by atoms with Crippen molar-refractivity contribution in [3.05, 3.63) is 67.6 Å². The molecule has 0 aliphatic heterocycles. The van der Waals surface area contributed by atoms with Crippen LogP contribution in [0.5, 0.6) is 0 Å². The quantitative estimate of drug-likeness (QED) is 0.533. The van der Waals surface area contributed by atoms with Crippen LogP contribution in [0.15, 0.2) is 36.4 Å². The predicted octanol–water partition coefficient (Wildman–Crippen LogP) is 5.57. The van der Waals surface area contributed by atoms with Gasteiger partial charge >= 0.3 is 160 Å². The second kappa shape index (κ2) is 8.11. The van der Waals surface area contributed by atoms with Crippen molar-refractivity contribution in [2.75, 3.05) is 0 Å². The van der Waals surface area contributed by atoms with Crippen LogP contribution >= 0.6 is 46.4 Å². The first-order chi connectivity index (χ1) is 10.4. The SMILES string of the molecule is CC(=O)[O][Sn][CH](c1ccc(Cl)c(Cl)c1)c1ccc(Cl)c(Cl)c1. The van der Waals surface area contributed by atoms with E-state index in [1.807, 2.05) is 12.1 Å². The van der Waals surface area contributed by atoms with Gasteiger partial charge in [0.25, 0.3) is 0 Å². The molecule has 0 saturated carbocycles. The first-order valence-electron chi connectivity index (χ1n) is 6.21. The monoisotopic (exact) mass is 482 g/mol. The van der Waals surface area contributed by atoms with Crippen LogP contribution in [0.25, 0.3) is 0 Å². The second-order valence-corrected chi connectivity index (χ2v) is 9.02. The molecule has 2 aromatic carbocycles. The van der Waals surface area contributed by atoms with Crippen molar-refractivity contribution in [2.24, 2.45) is 0 Å². The molecule has 0 saturated heterocycles. The molecule has 0 atom stereocenters. The number of hydrogen-bond acceptors (Lipinski definition) is 2. The van der Waals surface area contributed by atoms with E-state index in [0.29, 0.717) is 20.1 Å². The summed E-state index contributed by atoms with van der Waals surface area (Å²) >= 11 is 22.6. The van der Waals surface area contributed by atoms with Crippen LogP contribution < -0.4 is 0 Å². The van der Waals surface area contributed by atoms with E-state index in [0.717, 1.165) is 11.1 Å². The van der Waals surface area contributed by atoms with Crippen molar-refractivity contribution in [3.8, 4) is 0 Å². The van der Waals surface area contributed by atoms with Crippen LogP contribution in [0.4, 0.5) is 0 Å². The standard InChI is InChI=1S/C13H7Cl4.C2H4O2.Sn/c14-10-3-1-8(6-12(10)16)5-9-2-4-11(15)13(17)7-9;1-2(3)4;/h1-7H;1H3,(H,3,4);/q;;+1/p-1. The molecule has 114 valence electrons. The van der Waals surface area contributed by atoms with Gasteiger partial charge < -0.3 is 0 Å². The third-order valence-electron chi connectivity index (χ3n) is 2.87. The minimum atomic E-state index is -1.54. The van der Waals surface area contributed by atoms with Crippen LogP contribution in [0, 0.1) is 0 Å². The van der Waals surface area contributed by atoms with E-state index in [1.54, 1.807) is 24.3 Å². The van der Waals surface area contributed by atoms with Crippen molar-refractivity contribution < 1.29 is 7.87 Å². The molecule has 0 spiro atoms. The Labute approximate surface area is 159 Å². The van der Waals surface area contributed by atoms with E-state index in [1.165, 1.54) is 6.92 Å². The summed E-state index contributed by atoms with van der Waals surface area (Å²) in [6, 6.07) is 10.8. The van der Waals surface area contributed by atoms with E-state index in [9.17, 15) is 4.79 Å². The third kappa shape index (κ3) is 4.68. The Balaban J connectivity index is 2.42. The molecule has 2 radical (unpaired) electrons. The van der Waals surface area contributed by atoms with Crippen molar-refractivity contribution in [1.82, 2.24) is 0 Å². The van der Waals surface area contributed by atoms with Gasteiger partial charge in [-0.2, -0.15) is 0 Å². The minimum absolute atomic E-state index is 0.0444. The first-order valence-corrected chi connectivity index (χ1v) is 10.5. The van der Waals surface area contributed by atoms with Crippen LogP contribution in [0.3, 0.4) is 0 Å². The molecule has 2 rings (SSSR count). The molecular weight excluding hydrogens is 473 g/mol. The van der Waals surface area contributed by atoms with Gasteiger partial charge in [-0.3, -0.25) is 0 Å². The van der Waals surface area contributed by atoms with Crippen molar-refractivity contribution in [3.63, 3.8) is 0 Å². The Bertz CT molecular complexity index is 654. The Morgan fingerprint density at radius 1 is 0.909 bits per heavy atom. The molecule has 0 heterocycles. The van der Waals surface area contributed by atoms with Gasteiger partial charge in [0.05, 0.1) is 0 Å². The van der Waals surface area contributed by atoms with Crippen molar-refractivity contribution in [2.45, 2.75) is 10.9 Å². The number of carbonyl (C=O) groups is 1. The normalized spacial score (nSPS) is 10.8. The van der Waals surface area contributed by atoms with Crippen LogP contribution in [0.2, 0.25) is 20.1 Å². The van der Waals surface area contributed by atoms with Gasteiger partial charge in [-0.25, -0.2) is 0 Å². The Hall–Kier alpha value is -0.131. The second-order valence-electron chi connectivity index (χ2n) is 4.49. The molecule has 0 aromatic heterocycles. The summed E-state index contributed by atoms with van der Waals surface area (Å²) in [5.74, 6) is -0.281. The zero-order valence-corrected chi connectivity index (χ0v) is 17.2. The van der Waals surface area contributed by atoms with Gasteiger partial charge in [0, 0.05) is 0 Å². The number of benzene rings is 2. The number of hydrogen-bond donors (Lipinski definition) is 0. The average Bonchev–Trinajstić information content (AvgIpc) is 2.46. The van der Waals surface area contributed by atoms with Gasteiger partial charge in [-0.1, -0.05) is 0 Å². The average molecular weight is 483 g/mol. The molecule has 22 heavy (non-hydrogen) atoms. The maximum absolute atomic E-state index is 11.2. The number of rotatable bonds is 4. The van der Waals surface area contributed by atoms with E-state index >= 15 is 0 Å². The zero-order chi connectivity index (χ0) is 16.3. The number of halogens is 4. The molecule has 0 aliphatic carbocycles. The third-order valence-corrected chi connectivity index (χ3v) is 8.08. The summed E-state index contributed by atoms with van der Waals surface area (Å²) in [6.07, 6.45) is 0. The van der Waals surface area contributed by atoms with Gasteiger partial charge in [0.2, 0.25) is 0 Å². The van der Waals surface area contributed by atoms with Gasteiger partial charge in [-0.15, -0.1) is 0 Å². The van der Waals surface area contributed by atoms with E-state index < -0.39 is 21.6 Å². The van der Waals surface area contributed by atoms with Crippen LogP contribution in [-0.2, 0) is 7.87 Å². The summed E-state index contributed by atoms with van der Waals surface area (Å²) in [5, 5.41) is 1.89. The topological polar surface area (TPSA) is 26.3 Å². The van der Waals surface area contributed by atoms with Crippen molar-refractivity contribution >= 4 is 73.9 Å². The molecule has 0 unspecified atom stereocenters. The van der Waals surface area contributed by atoms with E-state index in [-0.39, 0.29) is 9.90 Å². The molecule has 2 nitrogen and oxygen atoms in total. The van der Waals surface area contributed by atoms with E-state index in [2.05, 4.69) is 0 Å². The fraction of sp³-hybridized carbons (Fsp3) is 0.133.